The van der Waals surface area contributed by atoms with Crippen LogP contribution in [0.15, 0.2) is 0 Å². The van der Waals surface area contributed by atoms with E-state index < -0.39 is 6.10 Å². The molecule has 0 fully saturated rings. The minimum Gasteiger partial charge on any atom is -0.462 e. The van der Waals surface area contributed by atoms with Gasteiger partial charge in [-0.15, -0.1) is 0 Å². The monoisotopic (exact) mass is 765 g/mol. The molecule has 0 saturated carbocycles. The number of unbranched alkanes of at least 4 members (excludes halogenated alkanes) is 30. The quantitative estimate of drug-likeness (QED) is 0.0349. The van der Waals surface area contributed by atoms with E-state index in [1.807, 2.05) is 0 Å². The minimum atomic E-state index is -0.759. The highest BCUT2D eigenvalue weighted by Crippen LogP contribution is 2.16. The Labute approximate surface area is 336 Å². The minimum absolute atomic E-state index is 0.0638. The van der Waals surface area contributed by atoms with Gasteiger partial charge >= 0.3 is 17.9 Å². The van der Waals surface area contributed by atoms with Crippen molar-refractivity contribution >= 4 is 17.9 Å². The van der Waals surface area contributed by atoms with Gasteiger partial charge in [0, 0.05) is 19.3 Å². The van der Waals surface area contributed by atoms with E-state index in [-0.39, 0.29) is 31.1 Å². The summed E-state index contributed by atoms with van der Waals surface area (Å²) < 4.78 is 16.7. The molecule has 6 nitrogen and oxygen atoms in total. The molecule has 0 aliphatic carbocycles. The van der Waals surface area contributed by atoms with E-state index in [1.54, 1.807) is 0 Å². The summed E-state index contributed by atoms with van der Waals surface area (Å²) in [7, 11) is 0. The number of ether oxygens (including phenoxy) is 3. The van der Waals surface area contributed by atoms with Gasteiger partial charge in [0.05, 0.1) is 0 Å². The van der Waals surface area contributed by atoms with Crippen LogP contribution >= 0.6 is 0 Å². The van der Waals surface area contributed by atoms with Crippen LogP contribution in [-0.4, -0.2) is 37.2 Å². The average molecular weight is 765 g/mol. The second-order valence-corrected chi connectivity index (χ2v) is 16.9. The van der Waals surface area contributed by atoms with Crippen LogP contribution in [0.5, 0.6) is 0 Å². The first-order valence-corrected chi connectivity index (χ1v) is 23.9. The Morgan fingerprint density at radius 3 is 0.907 bits per heavy atom. The van der Waals surface area contributed by atoms with Crippen LogP contribution in [0, 0.1) is 5.92 Å². The maximum absolute atomic E-state index is 12.7. The van der Waals surface area contributed by atoms with E-state index in [4.69, 9.17) is 14.2 Å². The second kappa shape index (κ2) is 42.6. The molecule has 0 aromatic carbocycles. The lowest BCUT2D eigenvalue weighted by molar-refractivity contribution is -0.167. The van der Waals surface area contributed by atoms with Gasteiger partial charge in [-0.3, -0.25) is 14.4 Å². The van der Waals surface area contributed by atoms with Gasteiger partial charge in [0.25, 0.3) is 0 Å². The van der Waals surface area contributed by atoms with Crippen LogP contribution in [0.1, 0.15) is 265 Å². The van der Waals surface area contributed by atoms with E-state index in [9.17, 15) is 14.4 Å². The summed E-state index contributed by atoms with van der Waals surface area (Å²) in [6, 6.07) is 0. The van der Waals surface area contributed by atoms with Crippen molar-refractivity contribution in [3.05, 3.63) is 0 Å². The molecule has 0 aliphatic rings. The van der Waals surface area contributed by atoms with Gasteiger partial charge in [-0.1, -0.05) is 227 Å². The average Bonchev–Trinajstić information content (AvgIpc) is 3.15. The van der Waals surface area contributed by atoms with Crippen LogP contribution in [0.2, 0.25) is 0 Å². The Kier molecular flexibility index (Phi) is 41.3. The fraction of sp³-hybridized carbons (Fsp3) is 0.938. The molecule has 1 atom stereocenters. The zero-order valence-electron chi connectivity index (χ0n) is 36.7. The van der Waals surface area contributed by atoms with Gasteiger partial charge < -0.3 is 14.2 Å². The molecule has 0 bridgehead atoms. The van der Waals surface area contributed by atoms with Crippen LogP contribution < -0.4 is 0 Å². The third-order valence-corrected chi connectivity index (χ3v) is 10.8. The van der Waals surface area contributed by atoms with Crippen LogP contribution in [0.25, 0.3) is 0 Å². The molecule has 0 unspecified atom stereocenters. The van der Waals surface area contributed by atoms with Gasteiger partial charge in [0.15, 0.2) is 6.10 Å². The molecule has 320 valence electrons. The lowest BCUT2D eigenvalue weighted by Crippen LogP contribution is -2.30. The summed E-state index contributed by atoms with van der Waals surface area (Å²) >= 11 is 0. The van der Waals surface area contributed by atoms with E-state index in [1.165, 1.54) is 161 Å². The van der Waals surface area contributed by atoms with Gasteiger partial charge in [0.1, 0.15) is 13.2 Å². The highest BCUT2D eigenvalue weighted by atomic mass is 16.6. The Hall–Kier alpha value is -1.59. The standard InChI is InChI=1S/C48H92O6/c1-5-7-9-11-13-15-17-18-19-20-22-23-27-31-35-39-46(49)52-42-45(43-53-47(50)40-36-32-29-25-26-30-34-38-44(3)4)54-48(51)41-37-33-28-24-21-16-14-12-10-8-6-2/h44-45H,5-43H2,1-4H3/t45-/m0/s1. The Balaban J connectivity index is 4.29. The fourth-order valence-electron chi connectivity index (χ4n) is 7.16. The predicted octanol–water partition coefficient (Wildman–Crippen LogP) is 15.1. The molecule has 0 aromatic rings. The zero-order valence-corrected chi connectivity index (χ0v) is 36.7. The van der Waals surface area contributed by atoms with Crippen molar-refractivity contribution in [3.8, 4) is 0 Å². The summed E-state index contributed by atoms with van der Waals surface area (Å²) in [5, 5.41) is 0. The van der Waals surface area contributed by atoms with Crippen molar-refractivity contribution in [1.82, 2.24) is 0 Å². The van der Waals surface area contributed by atoms with Crippen molar-refractivity contribution in [2.45, 2.75) is 271 Å². The van der Waals surface area contributed by atoms with Gasteiger partial charge in [-0.05, 0) is 25.2 Å². The smallest absolute Gasteiger partial charge is 0.306 e. The number of rotatable bonds is 43. The molecular formula is C48H92O6. The number of esters is 3. The molecule has 0 spiro atoms. The summed E-state index contributed by atoms with van der Waals surface area (Å²) in [4.78, 5) is 37.7. The van der Waals surface area contributed by atoms with Crippen molar-refractivity contribution < 1.29 is 28.6 Å². The number of hydrogen-bond donors (Lipinski definition) is 0. The molecule has 0 radical (unpaired) electrons. The number of hydrogen-bond acceptors (Lipinski definition) is 6. The molecule has 0 aromatic heterocycles. The third-order valence-electron chi connectivity index (χ3n) is 10.8. The summed E-state index contributed by atoms with van der Waals surface area (Å²) in [6.07, 6.45) is 42.3. The molecule has 54 heavy (non-hydrogen) atoms. The summed E-state index contributed by atoms with van der Waals surface area (Å²) in [6.45, 7) is 8.95. The Morgan fingerprint density at radius 1 is 0.352 bits per heavy atom. The zero-order chi connectivity index (χ0) is 39.6. The normalized spacial score (nSPS) is 11.9. The van der Waals surface area contributed by atoms with E-state index in [2.05, 4.69) is 27.7 Å². The molecule has 0 rings (SSSR count). The molecule has 0 amide bonds. The predicted molar refractivity (Wildman–Crippen MR) is 229 cm³/mol. The van der Waals surface area contributed by atoms with E-state index >= 15 is 0 Å². The van der Waals surface area contributed by atoms with Gasteiger partial charge in [-0.2, -0.15) is 0 Å². The molecule has 0 heterocycles. The lowest BCUT2D eigenvalue weighted by atomic mass is 10.0. The topological polar surface area (TPSA) is 78.9 Å². The number of carbonyl (C=O) groups excluding carboxylic acids is 3. The second-order valence-electron chi connectivity index (χ2n) is 16.9. The Morgan fingerprint density at radius 2 is 0.611 bits per heavy atom. The molecule has 0 aliphatic heterocycles. The molecular weight excluding hydrogens is 673 g/mol. The first-order chi connectivity index (χ1) is 26.4. The van der Waals surface area contributed by atoms with Crippen LogP contribution in [0.3, 0.4) is 0 Å². The fourth-order valence-corrected chi connectivity index (χ4v) is 7.16. The maximum atomic E-state index is 12.7. The van der Waals surface area contributed by atoms with Crippen molar-refractivity contribution in [1.29, 1.82) is 0 Å². The highest BCUT2D eigenvalue weighted by Gasteiger charge is 2.19. The van der Waals surface area contributed by atoms with Crippen molar-refractivity contribution in [2.75, 3.05) is 13.2 Å². The Bertz CT molecular complexity index is 811. The van der Waals surface area contributed by atoms with Gasteiger partial charge in [-0.25, -0.2) is 0 Å². The van der Waals surface area contributed by atoms with Crippen LogP contribution in [-0.2, 0) is 28.6 Å². The maximum Gasteiger partial charge on any atom is 0.306 e. The largest absolute Gasteiger partial charge is 0.462 e. The first-order valence-electron chi connectivity index (χ1n) is 23.9. The highest BCUT2D eigenvalue weighted by molar-refractivity contribution is 5.71. The van der Waals surface area contributed by atoms with Crippen molar-refractivity contribution in [3.63, 3.8) is 0 Å². The summed E-state index contributed by atoms with van der Waals surface area (Å²) in [5.74, 6) is -0.0721. The van der Waals surface area contributed by atoms with Crippen molar-refractivity contribution in [2.24, 2.45) is 5.92 Å². The third kappa shape index (κ3) is 41.6. The molecule has 6 heteroatoms. The summed E-state index contributed by atoms with van der Waals surface area (Å²) in [5.41, 5.74) is 0. The van der Waals surface area contributed by atoms with E-state index in [0.29, 0.717) is 19.3 Å². The first kappa shape index (κ1) is 52.4. The number of carbonyl (C=O) groups is 3. The van der Waals surface area contributed by atoms with Crippen LogP contribution in [0.4, 0.5) is 0 Å². The lowest BCUT2D eigenvalue weighted by Gasteiger charge is -2.18. The van der Waals surface area contributed by atoms with Gasteiger partial charge in [0.2, 0.25) is 0 Å². The SMILES string of the molecule is CCCCCCCCCCCCCCCCCC(=O)OC[C@@H](COC(=O)CCCCCCCCCC(C)C)OC(=O)CCCCCCCCCCCCC. The van der Waals surface area contributed by atoms with E-state index in [0.717, 1.165) is 63.7 Å². The molecule has 0 saturated heterocycles. The molecule has 0 N–H and O–H groups in total.